The van der Waals surface area contributed by atoms with E-state index in [1.165, 1.54) is 5.56 Å². The Balaban J connectivity index is 2.00. The Bertz CT molecular complexity index is 564. The standard InChI is InChI=1S/C17H21NO2/c1-12-4-5-13(2)17(10-12)20-11-16(18)14-6-8-15(19-3)9-7-14/h4-10,16H,11,18H2,1-3H3. The molecule has 0 radical (unpaired) electrons. The number of methoxy groups -OCH3 is 1. The molecular formula is C17H21NO2. The van der Waals surface area contributed by atoms with Gasteiger partial charge in [-0.1, -0.05) is 24.3 Å². The van der Waals surface area contributed by atoms with E-state index in [1.54, 1.807) is 7.11 Å². The van der Waals surface area contributed by atoms with E-state index in [4.69, 9.17) is 15.2 Å². The molecule has 2 aromatic rings. The molecule has 0 aliphatic carbocycles. The Morgan fingerprint density at radius 1 is 1.05 bits per heavy atom. The van der Waals surface area contributed by atoms with Crippen molar-refractivity contribution in [3.63, 3.8) is 0 Å². The lowest BCUT2D eigenvalue weighted by Crippen LogP contribution is -2.19. The molecule has 2 aromatic carbocycles. The van der Waals surface area contributed by atoms with E-state index in [2.05, 4.69) is 19.1 Å². The highest BCUT2D eigenvalue weighted by atomic mass is 16.5. The quantitative estimate of drug-likeness (QED) is 0.906. The summed E-state index contributed by atoms with van der Waals surface area (Å²) in [6.07, 6.45) is 0. The average Bonchev–Trinajstić information content (AvgIpc) is 2.48. The molecule has 2 rings (SSSR count). The molecule has 1 unspecified atom stereocenters. The molecule has 0 saturated heterocycles. The average molecular weight is 271 g/mol. The van der Waals surface area contributed by atoms with Crippen molar-refractivity contribution < 1.29 is 9.47 Å². The van der Waals surface area contributed by atoms with Crippen LogP contribution in [-0.4, -0.2) is 13.7 Å². The summed E-state index contributed by atoms with van der Waals surface area (Å²) in [6, 6.07) is 13.8. The first-order valence-corrected chi connectivity index (χ1v) is 6.69. The molecule has 0 aromatic heterocycles. The van der Waals surface area contributed by atoms with Gasteiger partial charge in [0.15, 0.2) is 0 Å². The van der Waals surface area contributed by atoms with Gasteiger partial charge < -0.3 is 15.2 Å². The van der Waals surface area contributed by atoms with Crippen LogP contribution in [0, 0.1) is 13.8 Å². The molecule has 0 amide bonds. The van der Waals surface area contributed by atoms with Gasteiger partial charge in [0, 0.05) is 0 Å². The van der Waals surface area contributed by atoms with Gasteiger partial charge in [-0.25, -0.2) is 0 Å². The number of hydrogen-bond acceptors (Lipinski definition) is 3. The van der Waals surface area contributed by atoms with Crippen LogP contribution in [-0.2, 0) is 0 Å². The zero-order valence-corrected chi connectivity index (χ0v) is 12.2. The summed E-state index contributed by atoms with van der Waals surface area (Å²) in [5.41, 5.74) is 9.50. The van der Waals surface area contributed by atoms with Crippen molar-refractivity contribution in [2.24, 2.45) is 5.73 Å². The van der Waals surface area contributed by atoms with Crippen LogP contribution in [0.4, 0.5) is 0 Å². The van der Waals surface area contributed by atoms with Gasteiger partial charge >= 0.3 is 0 Å². The monoisotopic (exact) mass is 271 g/mol. The van der Waals surface area contributed by atoms with Crippen LogP contribution in [0.1, 0.15) is 22.7 Å². The van der Waals surface area contributed by atoms with Gasteiger partial charge in [0.05, 0.1) is 13.2 Å². The highest BCUT2D eigenvalue weighted by Crippen LogP contribution is 2.21. The third kappa shape index (κ3) is 3.52. The second kappa shape index (κ2) is 6.44. The Morgan fingerprint density at radius 3 is 2.40 bits per heavy atom. The van der Waals surface area contributed by atoms with E-state index in [9.17, 15) is 0 Å². The normalized spacial score (nSPS) is 12.0. The van der Waals surface area contributed by atoms with E-state index in [0.29, 0.717) is 6.61 Å². The summed E-state index contributed by atoms with van der Waals surface area (Å²) in [5.74, 6) is 1.73. The summed E-state index contributed by atoms with van der Waals surface area (Å²) in [7, 11) is 1.65. The largest absolute Gasteiger partial charge is 0.497 e. The fourth-order valence-corrected chi connectivity index (χ4v) is 1.99. The molecule has 0 fully saturated rings. The highest BCUT2D eigenvalue weighted by Gasteiger charge is 2.08. The van der Waals surface area contributed by atoms with Crippen molar-refractivity contribution in [1.29, 1.82) is 0 Å². The maximum absolute atomic E-state index is 6.16. The molecule has 1 atom stereocenters. The lowest BCUT2D eigenvalue weighted by molar-refractivity contribution is 0.288. The van der Waals surface area contributed by atoms with Gasteiger partial charge in [0.2, 0.25) is 0 Å². The lowest BCUT2D eigenvalue weighted by Gasteiger charge is -2.15. The van der Waals surface area contributed by atoms with Crippen LogP contribution in [0.3, 0.4) is 0 Å². The SMILES string of the molecule is COc1ccc(C(N)COc2cc(C)ccc2C)cc1. The molecule has 106 valence electrons. The van der Waals surface area contributed by atoms with Crippen LogP contribution in [0.25, 0.3) is 0 Å². The third-order valence-corrected chi connectivity index (χ3v) is 3.31. The van der Waals surface area contributed by atoms with E-state index >= 15 is 0 Å². The zero-order valence-electron chi connectivity index (χ0n) is 12.2. The maximum atomic E-state index is 6.16. The fourth-order valence-electron chi connectivity index (χ4n) is 1.99. The highest BCUT2D eigenvalue weighted by molar-refractivity contribution is 5.36. The van der Waals surface area contributed by atoms with Gasteiger partial charge in [-0.05, 0) is 48.7 Å². The first-order valence-electron chi connectivity index (χ1n) is 6.69. The van der Waals surface area contributed by atoms with Crippen LogP contribution in [0.5, 0.6) is 11.5 Å². The van der Waals surface area contributed by atoms with Crippen molar-refractivity contribution in [1.82, 2.24) is 0 Å². The van der Waals surface area contributed by atoms with Crippen LogP contribution >= 0.6 is 0 Å². The minimum absolute atomic E-state index is 0.152. The number of benzene rings is 2. The Kier molecular flexibility index (Phi) is 4.64. The van der Waals surface area contributed by atoms with Crippen LogP contribution in [0.2, 0.25) is 0 Å². The van der Waals surface area contributed by atoms with E-state index < -0.39 is 0 Å². The van der Waals surface area contributed by atoms with Crippen molar-refractivity contribution in [2.45, 2.75) is 19.9 Å². The minimum Gasteiger partial charge on any atom is -0.497 e. The van der Waals surface area contributed by atoms with Gasteiger partial charge in [-0.3, -0.25) is 0 Å². The van der Waals surface area contributed by atoms with Gasteiger partial charge in [-0.15, -0.1) is 0 Å². The second-order valence-corrected chi connectivity index (χ2v) is 4.96. The molecule has 2 N–H and O–H groups in total. The number of ether oxygens (including phenoxy) is 2. The number of hydrogen-bond donors (Lipinski definition) is 1. The van der Waals surface area contributed by atoms with Crippen molar-refractivity contribution >= 4 is 0 Å². The van der Waals surface area contributed by atoms with Gasteiger partial charge in [-0.2, -0.15) is 0 Å². The third-order valence-electron chi connectivity index (χ3n) is 3.31. The van der Waals surface area contributed by atoms with Crippen molar-refractivity contribution in [3.8, 4) is 11.5 Å². The summed E-state index contributed by atoms with van der Waals surface area (Å²) in [6.45, 7) is 4.54. The van der Waals surface area contributed by atoms with Gasteiger partial charge in [0.1, 0.15) is 18.1 Å². The predicted octanol–water partition coefficient (Wildman–Crippen LogP) is 3.39. The van der Waals surface area contributed by atoms with E-state index in [1.807, 2.05) is 37.3 Å². The summed E-state index contributed by atoms with van der Waals surface area (Å²) < 4.78 is 11.0. The first kappa shape index (κ1) is 14.4. The molecule has 3 heteroatoms. The minimum atomic E-state index is -0.152. The first-order chi connectivity index (χ1) is 9.60. The van der Waals surface area contributed by atoms with Crippen molar-refractivity contribution in [3.05, 3.63) is 59.2 Å². The lowest BCUT2D eigenvalue weighted by atomic mass is 10.1. The van der Waals surface area contributed by atoms with E-state index in [0.717, 1.165) is 22.6 Å². The number of nitrogens with two attached hydrogens (primary N) is 1. The summed E-state index contributed by atoms with van der Waals surface area (Å²) in [4.78, 5) is 0. The molecule has 0 saturated carbocycles. The van der Waals surface area contributed by atoms with Crippen LogP contribution in [0.15, 0.2) is 42.5 Å². The maximum Gasteiger partial charge on any atom is 0.122 e. The number of aryl methyl sites for hydroxylation is 2. The molecular weight excluding hydrogens is 250 g/mol. The molecule has 0 aliphatic heterocycles. The van der Waals surface area contributed by atoms with Crippen LogP contribution < -0.4 is 15.2 Å². The Hall–Kier alpha value is -2.00. The van der Waals surface area contributed by atoms with Crippen molar-refractivity contribution in [2.75, 3.05) is 13.7 Å². The molecule has 0 bridgehead atoms. The second-order valence-electron chi connectivity index (χ2n) is 4.96. The summed E-state index contributed by atoms with van der Waals surface area (Å²) in [5, 5.41) is 0. The molecule has 0 heterocycles. The molecule has 20 heavy (non-hydrogen) atoms. The Morgan fingerprint density at radius 2 is 1.75 bits per heavy atom. The number of rotatable bonds is 5. The van der Waals surface area contributed by atoms with Gasteiger partial charge in [0.25, 0.3) is 0 Å². The Labute approximate surface area is 120 Å². The van der Waals surface area contributed by atoms with E-state index in [-0.39, 0.29) is 6.04 Å². The fraction of sp³-hybridized carbons (Fsp3) is 0.294. The molecule has 0 spiro atoms. The summed E-state index contributed by atoms with van der Waals surface area (Å²) >= 11 is 0. The predicted molar refractivity (Wildman–Crippen MR) is 81.3 cm³/mol. The molecule has 0 aliphatic rings. The topological polar surface area (TPSA) is 44.5 Å². The zero-order chi connectivity index (χ0) is 14.5. The smallest absolute Gasteiger partial charge is 0.122 e. The molecule has 3 nitrogen and oxygen atoms in total.